The Morgan fingerprint density at radius 1 is 1.39 bits per heavy atom. The summed E-state index contributed by atoms with van der Waals surface area (Å²) in [7, 11) is 1.67. The molecule has 1 fully saturated rings. The maximum Gasteiger partial charge on any atom is 0.0638 e. The number of hydrogen-bond acceptors (Lipinski definition) is 3. The van der Waals surface area contributed by atoms with Crippen molar-refractivity contribution in [3.63, 3.8) is 0 Å². The lowest BCUT2D eigenvalue weighted by Crippen LogP contribution is -2.48. The van der Waals surface area contributed by atoms with Gasteiger partial charge < -0.3 is 15.2 Å². The fourth-order valence-corrected chi connectivity index (χ4v) is 2.74. The van der Waals surface area contributed by atoms with E-state index in [0.29, 0.717) is 18.6 Å². The van der Waals surface area contributed by atoms with Crippen LogP contribution in [0.5, 0.6) is 0 Å². The minimum absolute atomic E-state index is 0.0674. The molecule has 1 aliphatic rings. The van der Waals surface area contributed by atoms with Gasteiger partial charge in [0.2, 0.25) is 0 Å². The van der Waals surface area contributed by atoms with Gasteiger partial charge in [0.1, 0.15) is 0 Å². The third-order valence-corrected chi connectivity index (χ3v) is 3.83. The predicted molar refractivity (Wildman–Crippen MR) is 72.8 cm³/mol. The first-order valence-corrected chi connectivity index (χ1v) is 6.66. The van der Waals surface area contributed by atoms with Gasteiger partial charge in [0.05, 0.1) is 19.3 Å². The van der Waals surface area contributed by atoms with Crippen LogP contribution in [0, 0.1) is 6.92 Å². The third kappa shape index (κ3) is 3.10. The van der Waals surface area contributed by atoms with Gasteiger partial charge in [-0.05, 0) is 36.8 Å². The minimum atomic E-state index is 0.0674. The summed E-state index contributed by atoms with van der Waals surface area (Å²) in [5.74, 6) is 0.672. The highest BCUT2D eigenvalue weighted by Gasteiger charge is 2.32. The molecular weight excluding hydrogens is 226 g/mol. The summed E-state index contributed by atoms with van der Waals surface area (Å²) in [5.41, 5.74) is 2.86. The summed E-state index contributed by atoms with van der Waals surface area (Å²) in [5, 5.41) is 12.7. The highest BCUT2D eigenvalue weighted by atomic mass is 16.5. The number of rotatable bonds is 6. The molecule has 0 saturated heterocycles. The number of aliphatic hydroxyl groups excluding tert-OH is 1. The molecule has 3 heteroatoms. The van der Waals surface area contributed by atoms with Gasteiger partial charge in [-0.2, -0.15) is 0 Å². The van der Waals surface area contributed by atoms with E-state index in [-0.39, 0.29) is 12.6 Å². The van der Waals surface area contributed by atoms with E-state index in [1.165, 1.54) is 11.1 Å². The van der Waals surface area contributed by atoms with Crippen molar-refractivity contribution < 1.29 is 9.84 Å². The van der Waals surface area contributed by atoms with Crippen LogP contribution in [0.15, 0.2) is 24.3 Å². The van der Waals surface area contributed by atoms with Gasteiger partial charge in [0.25, 0.3) is 0 Å². The highest BCUT2D eigenvalue weighted by Crippen LogP contribution is 2.38. The molecule has 1 unspecified atom stereocenters. The number of ether oxygens (including phenoxy) is 1. The second-order valence-electron chi connectivity index (χ2n) is 5.22. The average Bonchev–Trinajstić information content (AvgIpc) is 2.33. The number of methoxy groups -OCH3 is 1. The normalized spacial score (nSPS) is 24.6. The van der Waals surface area contributed by atoms with Gasteiger partial charge in [-0.15, -0.1) is 0 Å². The summed E-state index contributed by atoms with van der Waals surface area (Å²) in [4.78, 5) is 0. The molecule has 0 bridgehead atoms. The fourth-order valence-electron chi connectivity index (χ4n) is 2.74. The van der Waals surface area contributed by atoms with Gasteiger partial charge in [-0.3, -0.25) is 0 Å². The van der Waals surface area contributed by atoms with E-state index < -0.39 is 0 Å². The summed E-state index contributed by atoms with van der Waals surface area (Å²) < 4.78 is 5.07. The molecule has 1 aliphatic carbocycles. The monoisotopic (exact) mass is 249 g/mol. The van der Waals surface area contributed by atoms with E-state index in [2.05, 4.69) is 36.5 Å². The maximum absolute atomic E-state index is 9.21. The van der Waals surface area contributed by atoms with Crippen LogP contribution in [-0.2, 0) is 4.74 Å². The summed E-state index contributed by atoms with van der Waals surface area (Å²) in [6, 6.07) is 9.20. The second kappa shape index (κ2) is 6.32. The zero-order chi connectivity index (χ0) is 13.0. The molecule has 3 nitrogen and oxygen atoms in total. The van der Waals surface area contributed by atoms with Crippen LogP contribution in [0.4, 0.5) is 0 Å². The molecule has 0 spiro atoms. The van der Waals surface area contributed by atoms with Crippen LogP contribution < -0.4 is 5.32 Å². The lowest BCUT2D eigenvalue weighted by molar-refractivity contribution is 0.110. The van der Waals surface area contributed by atoms with Gasteiger partial charge in [-0.25, -0.2) is 0 Å². The Hall–Kier alpha value is -0.900. The van der Waals surface area contributed by atoms with E-state index in [4.69, 9.17) is 4.74 Å². The standard InChI is InChI=1S/C15H23NO2/c1-11-5-3-4-6-15(11)12-7-13(8-12)16-14(9-17)10-18-2/h3-6,12-14,16-17H,7-10H2,1-2H3. The molecule has 18 heavy (non-hydrogen) atoms. The van der Waals surface area contributed by atoms with Crippen molar-refractivity contribution in [2.24, 2.45) is 0 Å². The molecule has 0 aromatic heterocycles. The van der Waals surface area contributed by atoms with Crippen molar-refractivity contribution in [3.8, 4) is 0 Å². The topological polar surface area (TPSA) is 41.5 Å². The van der Waals surface area contributed by atoms with Crippen molar-refractivity contribution >= 4 is 0 Å². The minimum Gasteiger partial charge on any atom is -0.395 e. The lowest BCUT2D eigenvalue weighted by Gasteiger charge is -2.39. The molecule has 1 aromatic rings. The average molecular weight is 249 g/mol. The first-order chi connectivity index (χ1) is 8.74. The Kier molecular flexibility index (Phi) is 4.75. The van der Waals surface area contributed by atoms with Crippen LogP contribution >= 0.6 is 0 Å². The molecule has 0 radical (unpaired) electrons. The van der Waals surface area contributed by atoms with Crippen LogP contribution in [0.3, 0.4) is 0 Å². The molecule has 1 atom stereocenters. The van der Waals surface area contributed by atoms with Gasteiger partial charge in [-0.1, -0.05) is 24.3 Å². The Morgan fingerprint density at radius 2 is 2.11 bits per heavy atom. The number of aryl methyl sites for hydroxylation is 1. The smallest absolute Gasteiger partial charge is 0.0638 e. The Morgan fingerprint density at radius 3 is 2.72 bits per heavy atom. The van der Waals surface area contributed by atoms with Crippen molar-refractivity contribution in [1.29, 1.82) is 0 Å². The molecule has 2 N–H and O–H groups in total. The fraction of sp³-hybridized carbons (Fsp3) is 0.600. The molecule has 2 rings (SSSR count). The molecule has 1 aromatic carbocycles. The Bertz CT molecular complexity index is 375. The number of benzene rings is 1. The summed E-state index contributed by atoms with van der Waals surface area (Å²) in [6.07, 6.45) is 2.32. The van der Waals surface area contributed by atoms with Crippen LogP contribution in [0.25, 0.3) is 0 Å². The summed E-state index contributed by atoms with van der Waals surface area (Å²) in [6.45, 7) is 2.89. The molecule has 100 valence electrons. The molecule has 0 heterocycles. The molecule has 1 saturated carbocycles. The van der Waals surface area contributed by atoms with Crippen molar-refractivity contribution in [3.05, 3.63) is 35.4 Å². The van der Waals surface area contributed by atoms with E-state index in [9.17, 15) is 5.11 Å². The number of aliphatic hydroxyl groups is 1. The number of nitrogens with one attached hydrogen (secondary N) is 1. The first kappa shape index (κ1) is 13.5. The van der Waals surface area contributed by atoms with E-state index in [1.54, 1.807) is 7.11 Å². The zero-order valence-electron chi connectivity index (χ0n) is 11.2. The van der Waals surface area contributed by atoms with Gasteiger partial charge in [0, 0.05) is 13.2 Å². The Balaban J connectivity index is 1.82. The largest absolute Gasteiger partial charge is 0.395 e. The quantitative estimate of drug-likeness (QED) is 0.808. The van der Waals surface area contributed by atoms with Gasteiger partial charge >= 0.3 is 0 Å². The predicted octanol–water partition coefficient (Wildman–Crippen LogP) is 1.84. The van der Waals surface area contributed by atoms with Crippen molar-refractivity contribution in [2.45, 2.75) is 37.8 Å². The van der Waals surface area contributed by atoms with E-state index in [1.807, 2.05) is 0 Å². The zero-order valence-corrected chi connectivity index (χ0v) is 11.2. The number of hydrogen-bond donors (Lipinski definition) is 2. The van der Waals surface area contributed by atoms with Crippen LogP contribution in [0.2, 0.25) is 0 Å². The molecular formula is C15H23NO2. The van der Waals surface area contributed by atoms with Gasteiger partial charge in [0.15, 0.2) is 0 Å². The van der Waals surface area contributed by atoms with E-state index >= 15 is 0 Å². The van der Waals surface area contributed by atoms with Crippen LogP contribution in [-0.4, -0.2) is 37.5 Å². The third-order valence-electron chi connectivity index (χ3n) is 3.83. The van der Waals surface area contributed by atoms with Crippen molar-refractivity contribution in [2.75, 3.05) is 20.3 Å². The highest BCUT2D eigenvalue weighted by molar-refractivity contribution is 5.31. The van der Waals surface area contributed by atoms with Crippen LogP contribution in [0.1, 0.15) is 29.9 Å². The second-order valence-corrected chi connectivity index (χ2v) is 5.22. The molecule has 0 aliphatic heterocycles. The summed E-state index contributed by atoms with van der Waals surface area (Å²) >= 11 is 0. The maximum atomic E-state index is 9.21. The first-order valence-electron chi connectivity index (χ1n) is 6.66. The van der Waals surface area contributed by atoms with Crippen molar-refractivity contribution in [1.82, 2.24) is 5.32 Å². The molecule has 0 amide bonds. The SMILES string of the molecule is COCC(CO)NC1CC(c2ccccc2C)C1. The lowest BCUT2D eigenvalue weighted by atomic mass is 9.74. The van der Waals surface area contributed by atoms with E-state index in [0.717, 1.165) is 12.8 Å². The Labute approximate surface area is 109 Å².